The van der Waals surface area contributed by atoms with Crippen LogP contribution in [0.15, 0.2) is 23.8 Å². The minimum absolute atomic E-state index is 0.0870. The molecule has 30 heavy (non-hydrogen) atoms. The summed E-state index contributed by atoms with van der Waals surface area (Å²) in [6.45, 7) is 14.8. The molecule has 0 saturated heterocycles. The predicted octanol–water partition coefficient (Wildman–Crippen LogP) is 7.80. The maximum Gasteiger partial charge on any atom is 0.0577 e. The third kappa shape index (κ3) is 3.66. The number of allylic oxidation sites excluding steroid dienone is 3. The lowest BCUT2D eigenvalue weighted by molar-refractivity contribution is -0.0540. The Labute approximate surface area is 186 Å². The van der Waals surface area contributed by atoms with Crippen LogP contribution in [-0.2, 0) is 0 Å². The highest BCUT2D eigenvalue weighted by Gasteiger charge is 2.58. The fourth-order valence-electron chi connectivity index (χ4n) is 8.83. The minimum Gasteiger partial charge on any atom is -0.393 e. The van der Waals surface area contributed by atoms with Crippen molar-refractivity contribution < 1.29 is 5.11 Å². The van der Waals surface area contributed by atoms with E-state index in [4.69, 9.17) is 0 Å². The van der Waals surface area contributed by atoms with Crippen molar-refractivity contribution in [3.63, 3.8) is 0 Å². The standard InChI is InChI=1S/C29H48O/c1-7-21(19(2)3)9-8-20(4)25-12-13-26-24-11-10-22-18-23(30)14-16-28(22,5)27(24)15-17-29(25,26)6/h8-10,19-21,23-27,30H,7,11-18H2,1-6H3/b9-8+/t20-,21+,23-,24+,25-,26-,27-,28-,29+/m0/s1. The number of fused-ring (bicyclic) bond motifs is 5. The van der Waals surface area contributed by atoms with Crippen LogP contribution in [0.1, 0.15) is 99.3 Å². The zero-order valence-corrected chi connectivity index (χ0v) is 20.7. The Hall–Kier alpha value is -0.560. The maximum atomic E-state index is 10.2. The fourth-order valence-corrected chi connectivity index (χ4v) is 8.83. The predicted molar refractivity (Wildman–Crippen MR) is 128 cm³/mol. The van der Waals surface area contributed by atoms with Crippen molar-refractivity contribution in [3.8, 4) is 0 Å². The first-order valence-corrected chi connectivity index (χ1v) is 13.3. The highest BCUT2D eigenvalue weighted by molar-refractivity contribution is 5.25. The van der Waals surface area contributed by atoms with Crippen molar-refractivity contribution in [2.45, 2.75) is 105 Å². The first kappa shape index (κ1) is 22.6. The Balaban J connectivity index is 1.52. The van der Waals surface area contributed by atoms with Gasteiger partial charge in [-0.15, -0.1) is 0 Å². The van der Waals surface area contributed by atoms with Crippen LogP contribution in [0.4, 0.5) is 0 Å². The van der Waals surface area contributed by atoms with Gasteiger partial charge in [0.25, 0.3) is 0 Å². The van der Waals surface area contributed by atoms with Crippen molar-refractivity contribution in [1.82, 2.24) is 0 Å². The van der Waals surface area contributed by atoms with Crippen molar-refractivity contribution in [2.75, 3.05) is 0 Å². The number of hydrogen-bond acceptors (Lipinski definition) is 1. The highest BCUT2D eigenvalue weighted by Crippen LogP contribution is 2.67. The smallest absolute Gasteiger partial charge is 0.0577 e. The van der Waals surface area contributed by atoms with Crippen LogP contribution in [0.3, 0.4) is 0 Å². The van der Waals surface area contributed by atoms with Gasteiger partial charge in [0.05, 0.1) is 6.10 Å². The molecule has 0 aliphatic heterocycles. The fraction of sp³-hybridized carbons (Fsp3) is 0.862. The van der Waals surface area contributed by atoms with Crippen LogP contribution in [0.2, 0.25) is 0 Å². The molecule has 4 aliphatic rings. The summed E-state index contributed by atoms with van der Waals surface area (Å²) in [5.74, 6) is 5.70. The number of rotatable bonds is 5. The molecule has 0 bridgehead atoms. The van der Waals surface area contributed by atoms with E-state index in [9.17, 15) is 5.11 Å². The molecule has 0 aromatic carbocycles. The quantitative estimate of drug-likeness (QED) is 0.457. The van der Waals surface area contributed by atoms with Crippen LogP contribution in [0.25, 0.3) is 0 Å². The Bertz CT molecular complexity index is 674. The summed E-state index contributed by atoms with van der Waals surface area (Å²) in [6.07, 6.45) is 19.1. The van der Waals surface area contributed by atoms with Gasteiger partial charge in [-0.3, -0.25) is 0 Å². The lowest BCUT2D eigenvalue weighted by atomic mass is 9.47. The molecule has 9 atom stereocenters. The van der Waals surface area contributed by atoms with Crippen LogP contribution < -0.4 is 0 Å². The van der Waals surface area contributed by atoms with E-state index in [-0.39, 0.29) is 6.10 Å². The SMILES string of the molecule is CC[C@H](/C=C/[C@H](C)[C@@H]1CC[C@H]2[C@H]3CC=C4C[C@@H](O)CC[C@]4(C)[C@H]3CC[C@@]21C)C(C)C. The third-order valence-electron chi connectivity index (χ3n) is 10.8. The van der Waals surface area contributed by atoms with Gasteiger partial charge in [0.1, 0.15) is 0 Å². The van der Waals surface area contributed by atoms with E-state index in [0.717, 1.165) is 48.3 Å². The van der Waals surface area contributed by atoms with Crippen LogP contribution in [0.5, 0.6) is 0 Å². The summed E-state index contributed by atoms with van der Waals surface area (Å²) < 4.78 is 0. The highest BCUT2D eigenvalue weighted by atomic mass is 16.3. The molecule has 0 spiro atoms. The summed E-state index contributed by atoms with van der Waals surface area (Å²) in [7, 11) is 0. The summed E-state index contributed by atoms with van der Waals surface area (Å²) in [4.78, 5) is 0. The van der Waals surface area contributed by atoms with Crippen LogP contribution in [-0.4, -0.2) is 11.2 Å². The molecule has 0 aromatic rings. The second-order valence-electron chi connectivity index (χ2n) is 12.4. The summed E-state index contributed by atoms with van der Waals surface area (Å²) in [5.41, 5.74) is 2.51. The Morgan fingerprint density at radius 2 is 1.80 bits per heavy atom. The molecule has 0 unspecified atom stereocenters. The van der Waals surface area contributed by atoms with E-state index in [0.29, 0.717) is 16.7 Å². The zero-order chi connectivity index (χ0) is 21.7. The molecule has 1 nitrogen and oxygen atoms in total. The van der Waals surface area contributed by atoms with Gasteiger partial charge in [-0.05, 0) is 110 Å². The second-order valence-corrected chi connectivity index (χ2v) is 12.4. The molecular formula is C29H48O. The molecule has 3 fully saturated rings. The molecule has 0 aromatic heterocycles. The molecular weight excluding hydrogens is 364 g/mol. The van der Waals surface area contributed by atoms with Crippen molar-refractivity contribution in [1.29, 1.82) is 0 Å². The zero-order valence-electron chi connectivity index (χ0n) is 20.7. The average molecular weight is 413 g/mol. The molecule has 1 heteroatoms. The Morgan fingerprint density at radius 1 is 1.03 bits per heavy atom. The van der Waals surface area contributed by atoms with E-state index in [1.807, 2.05) is 0 Å². The molecule has 0 heterocycles. The largest absolute Gasteiger partial charge is 0.393 e. The summed E-state index contributed by atoms with van der Waals surface area (Å²) in [5, 5.41) is 10.2. The van der Waals surface area contributed by atoms with Gasteiger partial charge in [0.15, 0.2) is 0 Å². The molecule has 1 N–H and O–H groups in total. The Kier molecular flexibility index (Phi) is 6.35. The topological polar surface area (TPSA) is 20.2 Å². The maximum absolute atomic E-state index is 10.2. The van der Waals surface area contributed by atoms with Gasteiger partial charge >= 0.3 is 0 Å². The van der Waals surface area contributed by atoms with E-state index in [1.165, 1.54) is 44.9 Å². The average Bonchev–Trinajstić information content (AvgIpc) is 3.06. The van der Waals surface area contributed by atoms with Crippen molar-refractivity contribution >= 4 is 0 Å². The normalized spacial score (nSPS) is 45.6. The van der Waals surface area contributed by atoms with E-state index in [2.05, 4.69) is 59.8 Å². The van der Waals surface area contributed by atoms with Gasteiger partial charge in [-0.25, -0.2) is 0 Å². The number of aliphatic hydroxyl groups excluding tert-OH is 1. The van der Waals surface area contributed by atoms with E-state index < -0.39 is 0 Å². The first-order valence-electron chi connectivity index (χ1n) is 13.3. The van der Waals surface area contributed by atoms with Crippen LogP contribution >= 0.6 is 0 Å². The number of hydrogen-bond donors (Lipinski definition) is 1. The lowest BCUT2D eigenvalue weighted by Crippen LogP contribution is -2.50. The second kappa shape index (κ2) is 8.42. The monoisotopic (exact) mass is 412 g/mol. The van der Waals surface area contributed by atoms with Crippen molar-refractivity contribution in [3.05, 3.63) is 23.8 Å². The van der Waals surface area contributed by atoms with Gasteiger partial charge in [-0.1, -0.05) is 65.3 Å². The van der Waals surface area contributed by atoms with E-state index in [1.54, 1.807) is 5.57 Å². The summed E-state index contributed by atoms with van der Waals surface area (Å²) >= 11 is 0. The summed E-state index contributed by atoms with van der Waals surface area (Å²) in [6, 6.07) is 0. The van der Waals surface area contributed by atoms with Crippen LogP contribution in [0, 0.1) is 52.3 Å². The van der Waals surface area contributed by atoms with Gasteiger partial charge in [-0.2, -0.15) is 0 Å². The Morgan fingerprint density at radius 3 is 2.50 bits per heavy atom. The molecule has 170 valence electrons. The molecule has 4 aliphatic carbocycles. The molecule has 4 rings (SSSR count). The van der Waals surface area contributed by atoms with Gasteiger partial charge < -0.3 is 5.11 Å². The van der Waals surface area contributed by atoms with Crippen molar-refractivity contribution in [2.24, 2.45) is 52.3 Å². The first-order chi connectivity index (χ1) is 14.2. The molecule has 3 saturated carbocycles. The lowest BCUT2D eigenvalue weighted by Gasteiger charge is -2.58. The van der Waals surface area contributed by atoms with E-state index >= 15 is 0 Å². The molecule has 0 radical (unpaired) electrons. The third-order valence-corrected chi connectivity index (χ3v) is 10.8. The van der Waals surface area contributed by atoms with Gasteiger partial charge in [0.2, 0.25) is 0 Å². The molecule has 0 amide bonds. The minimum atomic E-state index is -0.0870. The van der Waals surface area contributed by atoms with Gasteiger partial charge in [0, 0.05) is 0 Å². The number of aliphatic hydroxyl groups is 1.